The summed E-state index contributed by atoms with van der Waals surface area (Å²) in [6.45, 7) is 14.1. The second kappa shape index (κ2) is 11.7. The topological polar surface area (TPSA) is 26.0 Å². The summed E-state index contributed by atoms with van der Waals surface area (Å²) in [7, 11) is 0. The van der Waals surface area contributed by atoms with Crippen molar-refractivity contribution in [3.8, 4) is 0 Å². The molecular formula is C9H25N. The molecule has 0 heterocycles. The lowest BCUT2D eigenvalue weighted by atomic mass is 10.1. The molecule has 0 rings (SSSR count). The van der Waals surface area contributed by atoms with Gasteiger partial charge in [-0.2, -0.15) is 0 Å². The highest BCUT2D eigenvalue weighted by Crippen LogP contribution is 1.99. The van der Waals surface area contributed by atoms with Crippen LogP contribution in [0, 0.1) is 0 Å². The molecule has 0 unspecified atom stereocenters. The van der Waals surface area contributed by atoms with E-state index < -0.39 is 0 Å². The molecule has 0 amide bonds. The third-order valence-electron chi connectivity index (χ3n) is 0.911. The van der Waals surface area contributed by atoms with E-state index in [1.54, 1.807) is 0 Å². The molecule has 0 saturated heterocycles. The van der Waals surface area contributed by atoms with Gasteiger partial charge in [-0.25, -0.2) is 0 Å². The molecule has 0 saturated carbocycles. The Kier molecular flexibility index (Phi) is 19.3. The van der Waals surface area contributed by atoms with Gasteiger partial charge in [0, 0.05) is 5.54 Å². The summed E-state index contributed by atoms with van der Waals surface area (Å²) in [6.07, 6.45) is 1.05. The van der Waals surface area contributed by atoms with Crippen LogP contribution in [-0.4, -0.2) is 5.54 Å². The molecule has 0 radical (unpaired) electrons. The minimum atomic E-state index is 0.0417. The van der Waals surface area contributed by atoms with E-state index in [0.29, 0.717) is 0 Å². The van der Waals surface area contributed by atoms with E-state index >= 15 is 0 Å². The minimum Gasteiger partial charge on any atom is -0.326 e. The van der Waals surface area contributed by atoms with Crippen LogP contribution < -0.4 is 5.73 Å². The zero-order chi connectivity index (χ0) is 9.21. The second-order valence-corrected chi connectivity index (χ2v) is 2.34. The Morgan fingerprint density at radius 1 is 1.00 bits per heavy atom. The molecular weight excluding hydrogens is 122 g/mol. The summed E-state index contributed by atoms with van der Waals surface area (Å²) in [5, 5.41) is 0. The molecule has 0 aromatic rings. The van der Waals surface area contributed by atoms with Gasteiger partial charge in [0.15, 0.2) is 0 Å². The van der Waals surface area contributed by atoms with Crippen LogP contribution in [0.3, 0.4) is 0 Å². The fraction of sp³-hybridized carbons (Fsp3) is 1.00. The van der Waals surface area contributed by atoms with Gasteiger partial charge in [0.25, 0.3) is 0 Å². The molecule has 0 aliphatic rings. The highest BCUT2D eigenvalue weighted by molar-refractivity contribution is 4.66. The van der Waals surface area contributed by atoms with E-state index in [1.165, 1.54) is 0 Å². The maximum Gasteiger partial charge on any atom is 0.00944 e. The summed E-state index contributed by atoms with van der Waals surface area (Å²) < 4.78 is 0. The fourth-order valence-electron chi connectivity index (χ4n) is 0. The van der Waals surface area contributed by atoms with Crippen LogP contribution in [0.4, 0.5) is 0 Å². The lowest BCUT2D eigenvalue weighted by Gasteiger charge is -2.13. The molecule has 0 bridgehead atoms. The first kappa shape index (κ1) is 16.5. The molecule has 0 fully saturated rings. The van der Waals surface area contributed by atoms with Crippen molar-refractivity contribution in [2.24, 2.45) is 5.73 Å². The normalized spacial score (nSPS) is 8.40. The van der Waals surface area contributed by atoms with E-state index in [4.69, 9.17) is 5.73 Å². The summed E-state index contributed by atoms with van der Waals surface area (Å²) in [6, 6.07) is 0. The molecule has 66 valence electrons. The summed E-state index contributed by atoms with van der Waals surface area (Å²) in [5.41, 5.74) is 5.58. The Labute approximate surface area is 67.0 Å². The van der Waals surface area contributed by atoms with Crippen molar-refractivity contribution in [1.29, 1.82) is 0 Å². The maximum absolute atomic E-state index is 5.53. The van der Waals surface area contributed by atoms with Crippen molar-refractivity contribution in [1.82, 2.24) is 0 Å². The van der Waals surface area contributed by atoms with Gasteiger partial charge in [-0.15, -0.1) is 0 Å². The highest BCUT2D eigenvalue weighted by Gasteiger charge is 2.03. The van der Waals surface area contributed by atoms with Gasteiger partial charge in [0.2, 0.25) is 0 Å². The summed E-state index contributed by atoms with van der Waals surface area (Å²) in [4.78, 5) is 0. The van der Waals surface area contributed by atoms with E-state index in [9.17, 15) is 0 Å². The van der Waals surface area contributed by atoms with Crippen molar-refractivity contribution in [2.75, 3.05) is 0 Å². The van der Waals surface area contributed by atoms with Crippen LogP contribution in [0.5, 0.6) is 0 Å². The van der Waals surface area contributed by atoms with Crippen LogP contribution in [0.2, 0.25) is 0 Å². The predicted molar refractivity (Wildman–Crippen MR) is 51.3 cm³/mol. The maximum atomic E-state index is 5.53. The molecule has 0 spiro atoms. The van der Waals surface area contributed by atoms with Crippen molar-refractivity contribution in [3.63, 3.8) is 0 Å². The first-order valence-corrected chi connectivity index (χ1v) is 4.35. The first-order chi connectivity index (χ1) is 4.56. The predicted octanol–water partition coefficient (Wildman–Crippen LogP) is 3.19. The fourth-order valence-corrected chi connectivity index (χ4v) is 0. The molecule has 1 heteroatoms. The lowest BCUT2D eigenvalue weighted by molar-refractivity contribution is 0.501. The quantitative estimate of drug-likeness (QED) is 0.605. The number of hydrogen-bond acceptors (Lipinski definition) is 1. The minimum absolute atomic E-state index is 0.0417. The average Bonchev–Trinajstić information content (AvgIpc) is 1.95. The van der Waals surface area contributed by atoms with Gasteiger partial charge in [0.1, 0.15) is 0 Å². The molecule has 0 aliphatic carbocycles. The van der Waals surface area contributed by atoms with Crippen LogP contribution in [0.1, 0.15) is 54.9 Å². The number of hydrogen-bond donors (Lipinski definition) is 1. The second-order valence-electron chi connectivity index (χ2n) is 2.34. The molecule has 2 N–H and O–H groups in total. The first-order valence-electron chi connectivity index (χ1n) is 4.35. The van der Waals surface area contributed by atoms with Gasteiger partial charge in [0.05, 0.1) is 0 Å². The SMILES string of the molecule is CC.CC.CCC(C)(C)N. The van der Waals surface area contributed by atoms with Crippen molar-refractivity contribution < 1.29 is 0 Å². The van der Waals surface area contributed by atoms with E-state index in [1.807, 2.05) is 41.5 Å². The Morgan fingerprint density at radius 2 is 1.10 bits per heavy atom. The Bertz CT molecular complexity index is 34.5. The van der Waals surface area contributed by atoms with E-state index in [-0.39, 0.29) is 5.54 Å². The van der Waals surface area contributed by atoms with Crippen molar-refractivity contribution in [2.45, 2.75) is 60.4 Å². The average molecular weight is 147 g/mol. The molecule has 1 nitrogen and oxygen atoms in total. The van der Waals surface area contributed by atoms with Gasteiger partial charge in [-0.3, -0.25) is 0 Å². The number of nitrogens with two attached hydrogens (primary N) is 1. The zero-order valence-corrected chi connectivity index (χ0v) is 8.78. The third kappa shape index (κ3) is 44.0. The van der Waals surface area contributed by atoms with Crippen LogP contribution in [0.25, 0.3) is 0 Å². The van der Waals surface area contributed by atoms with E-state index in [2.05, 4.69) is 6.92 Å². The molecule has 10 heavy (non-hydrogen) atoms. The highest BCUT2D eigenvalue weighted by atomic mass is 14.7. The molecule has 0 aromatic heterocycles. The number of rotatable bonds is 1. The van der Waals surface area contributed by atoms with Crippen molar-refractivity contribution >= 4 is 0 Å². The largest absolute Gasteiger partial charge is 0.326 e. The van der Waals surface area contributed by atoms with Crippen molar-refractivity contribution in [3.05, 3.63) is 0 Å². The van der Waals surface area contributed by atoms with Crippen LogP contribution in [-0.2, 0) is 0 Å². The molecule has 0 aliphatic heterocycles. The van der Waals surface area contributed by atoms with Crippen LogP contribution >= 0.6 is 0 Å². The van der Waals surface area contributed by atoms with Gasteiger partial charge in [-0.05, 0) is 20.3 Å². The Balaban J connectivity index is -0.000000105. The lowest BCUT2D eigenvalue weighted by Crippen LogP contribution is -2.30. The van der Waals surface area contributed by atoms with Gasteiger partial charge < -0.3 is 5.73 Å². The summed E-state index contributed by atoms with van der Waals surface area (Å²) in [5.74, 6) is 0. The smallest absolute Gasteiger partial charge is 0.00944 e. The zero-order valence-electron chi connectivity index (χ0n) is 8.78. The summed E-state index contributed by atoms with van der Waals surface area (Å²) >= 11 is 0. The van der Waals surface area contributed by atoms with Crippen LogP contribution in [0.15, 0.2) is 0 Å². The molecule has 0 aromatic carbocycles. The Hall–Kier alpha value is -0.0400. The Morgan fingerprint density at radius 3 is 1.10 bits per heavy atom. The van der Waals surface area contributed by atoms with Gasteiger partial charge >= 0.3 is 0 Å². The monoisotopic (exact) mass is 147 g/mol. The third-order valence-corrected chi connectivity index (χ3v) is 0.911. The van der Waals surface area contributed by atoms with Gasteiger partial charge in [-0.1, -0.05) is 34.6 Å². The standard InChI is InChI=1S/C5H13N.2C2H6/c1-4-5(2,3)6;2*1-2/h4,6H2,1-3H3;2*1-2H3. The molecule has 0 atom stereocenters. The van der Waals surface area contributed by atoms with E-state index in [0.717, 1.165) is 6.42 Å².